The van der Waals surface area contributed by atoms with Crippen LogP contribution in [0.2, 0.25) is 0 Å². The van der Waals surface area contributed by atoms with Crippen LogP contribution >= 0.6 is 0 Å². The lowest BCUT2D eigenvalue weighted by Crippen LogP contribution is -2.55. The molecule has 0 aliphatic carbocycles. The van der Waals surface area contributed by atoms with Gasteiger partial charge in [-0.05, 0) is 13.3 Å². The van der Waals surface area contributed by atoms with Gasteiger partial charge in [0.2, 0.25) is 10.0 Å². The summed E-state index contributed by atoms with van der Waals surface area (Å²) in [5, 5.41) is 13.8. The van der Waals surface area contributed by atoms with Gasteiger partial charge in [0, 0.05) is 13.1 Å². The summed E-state index contributed by atoms with van der Waals surface area (Å²) in [5.41, 5.74) is -1.33. The maximum Gasteiger partial charge on any atom is 0.329 e. The number of hydrogen-bond acceptors (Lipinski definition) is 4. The molecule has 1 unspecified atom stereocenters. The molecule has 0 aromatic carbocycles. The van der Waals surface area contributed by atoms with Crippen molar-refractivity contribution in [2.45, 2.75) is 32.2 Å². The van der Waals surface area contributed by atoms with E-state index in [1.165, 1.54) is 6.92 Å². The van der Waals surface area contributed by atoms with Crippen molar-refractivity contribution >= 4 is 22.0 Å². The predicted octanol–water partition coefficient (Wildman–Crippen LogP) is -0.522. The molecule has 0 rings (SSSR count). The Morgan fingerprint density at radius 3 is 2.26 bits per heavy atom. The summed E-state index contributed by atoms with van der Waals surface area (Å²) in [5.74, 6) is -1.11. The van der Waals surface area contributed by atoms with Crippen LogP contribution in [0.3, 0.4) is 0 Å². The number of sulfonamides is 1. The maximum atomic E-state index is 11.5. The molecule has 112 valence electrons. The Morgan fingerprint density at radius 2 is 1.84 bits per heavy atom. The van der Waals surface area contributed by atoms with E-state index in [1.807, 2.05) is 6.92 Å². The number of hydrogen-bond donors (Lipinski definition) is 4. The van der Waals surface area contributed by atoms with E-state index in [9.17, 15) is 18.0 Å². The maximum absolute atomic E-state index is 11.5. The van der Waals surface area contributed by atoms with E-state index < -0.39 is 27.6 Å². The predicted molar refractivity (Wildman–Crippen MR) is 70.3 cm³/mol. The minimum Gasteiger partial charge on any atom is -0.480 e. The molecular formula is C10H21N3O5S. The zero-order chi connectivity index (χ0) is 15.1. The molecule has 0 spiro atoms. The zero-order valence-corrected chi connectivity index (χ0v) is 12.1. The summed E-state index contributed by atoms with van der Waals surface area (Å²) in [7, 11) is -3.30. The number of amides is 2. The molecule has 0 radical (unpaired) electrons. The molecule has 8 nitrogen and oxygen atoms in total. The van der Waals surface area contributed by atoms with E-state index >= 15 is 0 Å². The number of carbonyl (C=O) groups excluding carboxylic acids is 1. The topological polar surface area (TPSA) is 125 Å². The van der Waals surface area contributed by atoms with Crippen molar-refractivity contribution < 1.29 is 23.1 Å². The van der Waals surface area contributed by atoms with E-state index in [2.05, 4.69) is 15.4 Å². The molecule has 0 saturated carbocycles. The van der Waals surface area contributed by atoms with Crippen LogP contribution in [0.4, 0.5) is 4.79 Å². The van der Waals surface area contributed by atoms with Crippen molar-refractivity contribution in [3.63, 3.8) is 0 Å². The van der Waals surface area contributed by atoms with Crippen LogP contribution in [0.5, 0.6) is 0 Å². The third kappa shape index (κ3) is 7.62. The van der Waals surface area contributed by atoms with Gasteiger partial charge in [-0.1, -0.05) is 13.3 Å². The van der Waals surface area contributed by atoms with Gasteiger partial charge in [-0.25, -0.2) is 22.7 Å². The number of nitrogens with one attached hydrogen (secondary N) is 3. The highest BCUT2D eigenvalue weighted by Gasteiger charge is 2.33. The minimum atomic E-state index is -3.30. The van der Waals surface area contributed by atoms with Crippen molar-refractivity contribution in [3.05, 3.63) is 0 Å². The Bertz CT molecular complexity index is 423. The molecule has 0 saturated heterocycles. The van der Waals surface area contributed by atoms with Gasteiger partial charge >= 0.3 is 12.0 Å². The molecule has 4 N–H and O–H groups in total. The third-order valence-electron chi connectivity index (χ3n) is 2.39. The monoisotopic (exact) mass is 295 g/mol. The number of rotatable bonds is 8. The fourth-order valence-electron chi connectivity index (χ4n) is 1.43. The summed E-state index contributed by atoms with van der Waals surface area (Å²) >= 11 is 0. The van der Waals surface area contributed by atoms with Gasteiger partial charge in [-0.2, -0.15) is 0 Å². The molecule has 9 heteroatoms. The second-order valence-corrected chi connectivity index (χ2v) is 6.27. The minimum absolute atomic E-state index is 0.0455. The molecule has 0 bridgehead atoms. The Hall–Kier alpha value is -1.35. The highest BCUT2D eigenvalue weighted by atomic mass is 32.2. The molecular weight excluding hydrogens is 274 g/mol. The summed E-state index contributed by atoms with van der Waals surface area (Å²) < 4.78 is 23.7. The fourth-order valence-corrected chi connectivity index (χ4v) is 1.90. The fraction of sp³-hybridized carbons (Fsp3) is 0.800. The molecule has 0 aliphatic rings. The van der Waals surface area contributed by atoms with Gasteiger partial charge in [0.05, 0.1) is 6.26 Å². The van der Waals surface area contributed by atoms with Gasteiger partial charge in [0.25, 0.3) is 0 Å². The normalized spacial score (nSPS) is 14.5. The molecule has 0 aliphatic heterocycles. The molecule has 1 atom stereocenters. The van der Waals surface area contributed by atoms with E-state index in [1.54, 1.807) is 0 Å². The van der Waals surface area contributed by atoms with Gasteiger partial charge in [-0.3, -0.25) is 0 Å². The first-order valence-corrected chi connectivity index (χ1v) is 7.74. The summed E-state index contributed by atoms with van der Waals surface area (Å²) in [4.78, 5) is 22.6. The van der Waals surface area contributed by atoms with E-state index in [4.69, 9.17) is 5.11 Å². The first-order chi connectivity index (χ1) is 8.60. The first-order valence-electron chi connectivity index (χ1n) is 5.85. The zero-order valence-electron chi connectivity index (χ0n) is 11.3. The van der Waals surface area contributed by atoms with Crippen LogP contribution in [0.1, 0.15) is 26.7 Å². The average molecular weight is 295 g/mol. The van der Waals surface area contributed by atoms with Crippen molar-refractivity contribution in [1.82, 2.24) is 15.4 Å². The average Bonchev–Trinajstić information content (AvgIpc) is 2.23. The van der Waals surface area contributed by atoms with Crippen LogP contribution < -0.4 is 15.4 Å². The summed E-state index contributed by atoms with van der Waals surface area (Å²) in [6.07, 6.45) is 1.92. The van der Waals surface area contributed by atoms with Gasteiger partial charge < -0.3 is 15.7 Å². The van der Waals surface area contributed by atoms with Crippen LogP contribution in [-0.4, -0.2) is 50.4 Å². The number of carboxylic acid groups (broad SMARTS) is 1. The second-order valence-electron chi connectivity index (χ2n) is 4.43. The van der Waals surface area contributed by atoms with Crippen LogP contribution in [-0.2, 0) is 14.8 Å². The molecule has 0 aromatic heterocycles. The van der Waals surface area contributed by atoms with Gasteiger partial charge in [0.1, 0.15) is 5.54 Å². The Kier molecular flexibility index (Phi) is 6.77. The lowest BCUT2D eigenvalue weighted by atomic mass is 9.97. The molecule has 0 heterocycles. The Morgan fingerprint density at radius 1 is 1.26 bits per heavy atom. The molecule has 19 heavy (non-hydrogen) atoms. The SMILES string of the molecule is CCCC(C)(NC(=O)NCCNS(C)(=O)=O)C(=O)O. The standard InChI is InChI=1S/C10H21N3O5S/c1-4-5-10(2,8(14)15)13-9(16)11-6-7-12-19(3,17)18/h12H,4-7H2,1-3H3,(H,14,15)(H2,11,13,16). The quantitative estimate of drug-likeness (QED) is 0.448. The van der Waals surface area contributed by atoms with Crippen molar-refractivity contribution in [2.24, 2.45) is 0 Å². The lowest BCUT2D eigenvalue weighted by molar-refractivity contribution is -0.144. The highest BCUT2D eigenvalue weighted by molar-refractivity contribution is 7.88. The van der Waals surface area contributed by atoms with Crippen LogP contribution in [0.15, 0.2) is 0 Å². The molecule has 2 amide bonds. The Labute approximate surface area is 113 Å². The van der Waals surface area contributed by atoms with Gasteiger partial charge in [0.15, 0.2) is 0 Å². The van der Waals surface area contributed by atoms with Crippen LogP contribution in [0.25, 0.3) is 0 Å². The van der Waals surface area contributed by atoms with E-state index in [0.717, 1.165) is 6.26 Å². The smallest absolute Gasteiger partial charge is 0.329 e. The number of aliphatic carboxylic acids is 1. The van der Waals surface area contributed by atoms with Crippen molar-refractivity contribution in [1.29, 1.82) is 0 Å². The van der Waals surface area contributed by atoms with Crippen LogP contribution in [0, 0.1) is 0 Å². The number of urea groups is 1. The molecule has 0 aromatic rings. The van der Waals surface area contributed by atoms with Crippen molar-refractivity contribution in [3.8, 4) is 0 Å². The Balaban J connectivity index is 4.19. The molecule has 0 fully saturated rings. The highest BCUT2D eigenvalue weighted by Crippen LogP contribution is 2.12. The number of carbonyl (C=O) groups is 2. The third-order valence-corrected chi connectivity index (χ3v) is 3.11. The van der Waals surface area contributed by atoms with E-state index in [0.29, 0.717) is 12.8 Å². The summed E-state index contributed by atoms with van der Waals surface area (Å²) in [6.45, 7) is 3.36. The van der Waals surface area contributed by atoms with Gasteiger partial charge in [-0.15, -0.1) is 0 Å². The second kappa shape index (κ2) is 7.29. The summed E-state index contributed by atoms with van der Waals surface area (Å²) in [6, 6.07) is -0.645. The van der Waals surface area contributed by atoms with E-state index in [-0.39, 0.29) is 13.1 Å². The lowest BCUT2D eigenvalue weighted by Gasteiger charge is -2.25. The number of carboxylic acids is 1. The first kappa shape index (κ1) is 17.6. The van der Waals surface area contributed by atoms with Crippen molar-refractivity contribution in [2.75, 3.05) is 19.3 Å². The largest absolute Gasteiger partial charge is 0.480 e.